The van der Waals surface area contributed by atoms with E-state index in [4.69, 9.17) is 0 Å². The number of amides is 1. The summed E-state index contributed by atoms with van der Waals surface area (Å²) in [6, 6.07) is 8.95. The summed E-state index contributed by atoms with van der Waals surface area (Å²) >= 11 is 0. The number of hydrogen-bond donors (Lipinski definition) is 0. The lowest BCUT2D eigenvalue weighted by Crippen LogP contribution is -2.33. The summed E-state index contributed by atoms with van der Waals surface area (Å²) < 4.78 is 4.56. The molecule has 1 amide bonds. The summed E-state index contributed by atoms with van der Waals surface area (Å²) in [6.07, 6.45) is 1.82. The molecule has 96 valence electrons. The van der Waals surface area contributed by atoms with Crippen molar-refractivity contribution in [1.29, 1.82) is 0 Å². The Morgan fingerprint density at radius 2 is 2.00 bits per heavy atom. The first-order valence-electron chi connectivity index (χ1n) is 5.71. The molecule has 0 radical (unpaired) electrons. The molecule has 0 N–H and O–H groups in total. The van der Waals surface area contributed by atoms with E-state index >= 15 is 0 Å². The number of methoxy groups -OCH3 is 1. The fourth-order valence-corrected chi connectivity index (χ4v) is 1.52. The molecule has 4 nitrogen and oxygen atoms in total. The number of benzene rings is 1. The van der Waals surface area contributed by atoms with Gasteiger partial charge in [-0.3, -0.25) is 9.59 Å². The van der Waals surface area contributed by atoms with Crippen molar-refractivity contribution in [2.24, 2.45) is 0 Å². The number of nitrogens with zero attached hydrogens (tertiary/aromatic N) is 1. The lowest BCUT2D eigenvalue weighted by Gasteiger charge is -2.20. The fraction of sp³-hybridized carbons (Fsp3) is 0.286. The van der Waals surface area contributed by atoms with Crippen molar-refractivity contribution in [2.75, 3.05) is 20.2 Å². The minimum absolute atomic E-state index is 0.112. The molecule has 0 fully saturated rings. The Bertz CT molecular complexity index is 414. The first-order valence-corrected chi connectivity index (χ1v) is 5.71. The van der Waals surface area contributed by atoms with Crippen LogP contribution in [0.2, 0.25) is 0 Å². The van der Waals surface area contributed by atoms with Gasteiger partial charge in [-0.25, -0.2) is 0 Å². The monoisotopic (exact) mass is 247 g/mol. The van der Waals surface area contributed by atoms with Crippen LogP contribution in [0.3, 0.4) is 0 Å². The summed E-state index contributed by atoms with van der Waals surface area (Å²) in [4.78, 5) is 24.8. The lowest BCUT2D eigenvalue weighted by atomic mass is 10.2. The normalized spacial score (nSPS) is 9.61. The highest BCUT2D eigenvalue weighted by Crippen LogP contribution is 2.05. The summed E-state index contributed by atoms with van der Waals surface area (Å²) in [7, 11) is 1.33. The lowest BCUT2D eigenvalue weighted by molar-refractivity contribution is -0.140. The number of hydrogen-bond acceptors (Lipinski definition) is 3. The van der Waals surface area contributed by atoms with Crippen LogP contribution in [0.1, 0.15) is 16.8 Å². The Labute approximate surface area is 107 Å². The molecule has 0 spiro atoms. The Morgan fingerprint density at radius 3 is 2.56 bits per heavy atom. The predicted octanol–water partition coefficient (Wildman–Crippen LogP) is 1.88. The van der Waals surface area contributed by atoms with E-state index in [1.807, 2.05) is 6.07 Å². The number of esters is 1. The van der Waals surface area contributed by atoms with E-state index in [1.54, 1.807) is 35.2 Å². The van der Waals surface area contributed by atoms with E-state index in [1.165, 1.54) is 7.11 Å². The van der Waals surface area contributed by atoms with Crippen LogP contribution in [0.25, 0.3) is 0 Å². The van der Waals surface area contributed by atoms with Gasteiger partial charge in [0, 0.05) is 18.7 Å². The fourth-order valence-electron chi connectivity index (χ4n) is 1.52. The molecule has 0 bridgehead atoms. The smallest absolute Gasteiger partial charge is 0.307 e. The average molecular weight is 247 g/mol. The maximum absolute atomic E-state index is 12.2. The van der Waals surface area contributed by atoms with Gasteiger partial charge in [0.15, 0.2) is 0 Å². The van der Waals surface area contributed by atoms with Crippen LogP contribution in [0.5, 0.6) is 0 Å². The molecule has 0 saturated heterocycles. The maximum atomic E-state index is 12.2. The molecular weight excluding hydrogens is 230 g/mol. The highest BCUT2D eigenvalue weighted by molar-refractivity contribution is 5.94. The number of carbonyl (C=O) groups excluding carboxylic acids is 2. The van der Waals surface area contributed by atoms with E-state index in [0.717, 1.165) is 0 Å². The van der Waals surface area contributed by atoms with E-state index in [-0.39, 0.29) is 18.3 Å². The molecule has 1 rings (SSSR count). The summed E-state index contributed by atoms with van der Waals surface area (Å²) in [5, 5.41) is 0. The largest absolute Gasteiger partial charge is 0.469 e. The second-order valence-corrected chi connectivity index (χ2v) is 3.73. The topological polar surface area (TPSA) is 46.6 Å². The van der Waals surface area contributed by atoms with Gasteiger partial charge in [-0.2, -0.15) is 0 Å². The first-order chi connectivity index (χ1) is 8.69. The van der Waals surface area contributed by atoms with E-state index in [2.05, 4.69) is 11.3 Å². The summed E-state index contributed by atoms with van der Waals surface area (Å²) in [5.41, 5.74) is 0.601. The quantitative estimate of drug-likeness (QED) is 0.569. The minimum Gasteiger partial charge on any atom is -0.469 e. The molecule has 0 aliphatic heterocycles. The van der Waals surface area contributed by atoms with Gasteiger partial charge < -0.3 is 9.64 Å². The van der Waals surface area contributed by atoms with Gasteiger partial charge in [0.25, 0.3) is 5.91 Å². The molecule has 1 aromatic rings. The summed E-state index contributed by atoms with van der Waals surface area (Å²) in [6.45, 7) is 4.35. The van der Waals surface area contributed by atoms with Crippen molar-refractivity contribution in [3.63, 3.8) is 0 Å². The van der Waals surface area contributed by atoms with Crippen molar-refractivity contribution in [3.05, 3.63) is 48.6 Å². The van der Waals surface area contributed by atoms with Crippen LogP contribution in [0.4, 0.5) is 0 Å². The van der Waals surface area contributed by atoms with Crippen LogP contribution in [0, 0.1) is 0 Å². The molecule has 1 aromatic carbocycles. The number of ether oxygens (including phenoxy) is 1. The Kier molecular flexibility index (Phi) is 5.64. The van der Waals surface area contributed by atoms with Gasteiger partial charge in [0.2, 0.25) is 0 Å². The Morgan fingerprint density at radius 1 is 1.33 bits per heavy atom. The molecule has 0 aromatic heterocycles. The van der Waals surface area contributed by atoms with Gasteiger partial charge in [-0.15, -0.1) is 6.58 Å². The predicted molar refractivity (Wildman–Crippen MR) is 69.2 cm³/mol. The SMILES string of the molecule is C=CCN(CCC(=O)OC)C(=O)c1ccccc1. The van der Waals surface area contributed by atoms with Gasteiger partial charge in [-0.1, -0.05) is 24.3 Å². The molecule has 0 saturated carbocycles. The van der Waals surface area contributed by atoms with Crippen LogP contribution >= 0.6 is 0 Å². The van der Waals surface area contributed by atoms with Crippen LogP contribution < -0.4 is 0 Å². The highest BCUT2D eigenvalue weighted by Gasteiger charge is 2.15. The van der Waals surface area contributed by atoms with Gasteiger partial charge in [0.05, 0.1) is 13.5 Å². The highest BCUT2D eigenvalue weighted by atomic mass is 16.5. The van der Waals surface area contributed by atoms with Crippen LogP contribution in [-0.2, 0) is 9.53 Å². The van der Waals surface area contributed by atoms with E-state index < -0.39 is 0 Å². The van der Waals surface area contributed by atoms with Gasteiger partial charge in [-0.05, 0) is 12.1 Å². The first kappa shape index (κ1) is 14.0. The average Bonchev–Trinajstić information content (AvgIpc) is 2.43. The zero-order valence-corrected chi connectivity index (χ0v) is 10.5. The van der Waals surface area contributed by atoms with Crippen molar-refractivity contribution in [2.45, 2.75) is 6.42 Å². The molecule has 0 heterocycles. The molecule has 0 aliphatic carbocycles. The van der Waals surface area contributed by atoms with E-state index in [9.17, 15) is 9.59 Å². The Hall–Kier alpha value is -2.10. The zero-order chi connectivity index (χ0) is 13.4. The second-order valence-electron chi connectivity index (χ2n) is 3.73. The zero-order valence-electron chi connectivity index (χ0n) is 10.5. The standard InChI is InChI=1S/C14H17NO3/c1-3-10-15(11-9-13(16)18-2)14(17)12-7-5-4-6-8-12/h3-8H,1,9-11H2,2H3. The molecule has 0 atom stereocenters. The molecule has 4 heteroatoms. The van der Waals surface area contributed by atoms with Crippen molar-refractivity contribution in [3.8, 4) is 0 Å². The van der Waals surface area contributed by atoms with Gasteiger partial charge >= 0.3 is 5.97 Å². The number of carbonyl (C=O) groups is 2. The second kappa shape index (κ2) is 7.27. The Balaban J connectivity index is 2.69. The molecular formula is C14H17NO3. The number of rotatable bonds is 6. The molecule has 18 heavy (non-hydrogen) atoms. The summed E-state index contributed by atoms with van der Waals surface area (Å²) in [5.74, 6) is -0.440. The third-order valence-corrected chi connectivity index (χ3v) is 2.47. The third kappa shape index (κ3) is 4.05. The maximum Gasteiger partial charge on any atom is 0.307 e. The van der Waals surface area contributed by atoms with Crippen molar-refractivity contribution in [1.82, 2.24) is 4.90 Å². The van der Waals surface area contributed by atoms with Crippen molar-refractivity contribution < 1.29 is 14.3 Å². The third-order valence-electron chi connectivity index (χ3n) is 2.47. The van der Waals surface area contributed by atoms with Crippen LogP contribution in [-0.4, -0.2) is 37.0 Å². The molecule has 0 aliphatic rings. The van der Waals surface area contributed by atoms with Gasteiger partial charge in [0.1, 0.15) is 0 Å². The van der Waals surface area contributed by atoms with Crippen LogP contribution in [0.15, 0.2) is 43.0 Å². The van der Waals surface area contributed by atoms with E-state index in [0.29, 0.717) is 18.7 Å². The van der Waals surface area contributed by atoms with Crippen molar-refractivity contribution >= 4 is 11.9 Å². The molecule has 0 unspecified atom stereocenters. The minimum atomic E-state index is -0.329.